The molecule has 2 heteroatoms. The minimum Gasteiger partial charge on any atom is -0.354 e. The van der Waals surface area contributed by atoms with Gasteiger partial charge in [0.1, 0.15) is 0 Å². The van der Waals surface area contributed by atoms with Crippen LogP contribution in [-0.2, 0) is 13.1 Å². The zero-order valence-electron chi connectivity index (χ0n) is 11.0. The SMILES string of the molecule is CN1Cc2ccccc2-c2[nH]c3ccccc3c2C1. The predicted octanol–water partition coefficient (Wildman–Crippen LogP) is 3.78. The molecule has 0 saturated carbocycles. The summed E-state index contributed by atoms with van der Waals surface area (Å²) in [7, 11) is 2.19. The number of H-pyrrole nitrogens is 1. The fourth-order valence-electron chi connectivity index (χ4n) is 3.11. The number of fused-ring (bicyclic) bond motifs is 5. The molecular weight excluding hydrogens is 232 g/mol. The van der Waals surface area contributed by atoms with Crippen molar-refractivity contribution < 1.29 is 0 Å². The lowest BCUT2D eigenvalue weighted by atomic mass is 10.0. The third-order valence-corrected chi connectivity index (χ3v) is 3.97. The van der Waals surface area contributed by atoms with Crippen molar-refractivity contribution in [2.75, 3.05) is 7.05 Å². The molecule has 19 heavy (non-hydrogen) atoms. The van der Waals surface area contributed by atoms with Crippen molar-refractivity contribution in [2.45, 2.75) is 13.1 Å². The van der Waals surface area contributed by atoms with Crippen molar-refractivity contribution in [3.05, 3.63) is 59.7 Å². The lowest BCUT2D eigenvalue weighted by Crippen LogP contribution is -2.15. The van der Waals surface area contributed by atoms with Gasteiger partial charge in [0, 0.05) is 29.6 Å². The van der Waals surface area contributed by atoms with Crippen LogP contribution in [0.3, 0.4) is 0 Å². The van der Waals surface area contributed by atoms with Crippen LogP contribution in [0.2, 0.25) is 0 Å². The lowest BCUT2D eigenvalue weighted by Gasteiger charge is -2.14. The van der Waals surface area contributed by atoms with Gasteiger partial charge in [-0.3, -0.25) is 4.90 Å². The van der Waals surface area contributed by atoms with Crippen LogP contribution in [0.15, 0.2) is 48.5 Å². The monoisotopic (exact) mass is 248 g/mol. The molecule has 0 amide bonds. The molecule has 0 aliphatic carbocycles. The summed E-state index contributed by atoms with van der Waals surface area (Å²) in [6.07, 6.45) is 0. The molecule has 0 spiro atoms. The smallest absolute Gasteiger partial charge is 0.0513 e. The molecule has 0 saturated heterocycles. The number of hydrogen-bond acceptors (Lipinski definition) is 1. The third-order valence-electron chi connectivity index (χ3n) is 3.97. The largest absolute Gasteiger partial charge is 0.354 e. The Morgan fingerprint density at radius 2 is 1.74 bits per heavy atom. The van der Waals surface area contributed by atoms with Gasteiger partial charge >= 0.3 is 0 Å². The lowest BCUT2D eigenvalue weighted by molar-refractivity contribution is 0.324. The standard InChI is InChI=1S/C17H16N2/c1-19-10-12-6-2-3-7-13(12)17-15(11-19)14-8-4-5-9-16(14)18-17/h2-9,18H,10-11H2,1H3. The Morgan fingerprint density at radius 3 is 2.68 bits per heavy atom. The summed E-state index contributed by atoms with van der Waals surface area (Å²) in [4.78, 5) is 5.99. The minimum absolute atomic E-state index is 0.994. The topological polar surface area (TPSA) is 19.0 Å². The first-order chi connectivity index (χ1) is 9.33. The molecule has 94 valence electrons. The number of nitrogens with one attached hydrogen (secondary N) is 1. The van der Waals surface area contributed by atoms with Crippen LogP contribution < -0.4 is 0 Å². The number of aromatic nitrogens is 1. The summed E-state index contributed by atoms with van der Waals surface area (Å²) in [5.74, 6) is 0. The molecule has 4 rings (SSSR count). The summed E-state index contributed by atoms with van der Waals surface area (Å²) in [5.41, 5.74) is 6.69. The molecule has 2 nitrogen and oxygen atoms in total. The summed E-state index contributed by atoms with van der Waals surface area (Å²) >= 11 is 0. The first kappa shape index (κ1) is 10.8. The molecule has 3 aromatic rings. The summed E-state index contributed by atoms with van der Waals surface area (Å²) in [6, 6.07) is 17.3. The maximum absolute atomic E-state index is 3.61. The van der Waals surface area contributed by atoms with Crippen LogP contribution in [0.1, 0.15) is 11.1 Å². The number of aromatic amines is 1. The summed E-state index contributed by atoms with van der Waals surface area (Å²) < 4.78 is 0. The number of rotatable bonds is 0. The Labute approximate surface area is 112 Å². The van der Waals surface area contributed by atoms with E-state index in [1.807, 2.05) is 0 Å². The second-order valence-corrected chi connectivity index (χ2v) is 5.35. The van der Waals surface area contributed by atoms with E-state index in [0.29, 0.717) is 0 Å². The Balaban J connectivity index is 2.08. The van der Waals surface area contributed by atoms with E-state index in [9.17, 15) is 0 Å². The van der Waals surface area contributed by atoms with Crippen molar-refractivity contribution in [2.24, 2.45) is 0 Å². The zero-order chi connectivity index (χ0) is 12.8. The highest BCUT2D eigenvalue weighted by atomic mass is 15.1. The Hall–Kier alpha value is -2.06. The van der Waals surface area contributed by atoms with E-state index in [4.69, 9.17) is 0 Å². The normalized spacial score (nSPS) is 15.0. The number of hydrogen-bond donors (Lipinski definition) is 1. The molecular formula is C17H16N2. The van der Waals surface area contributed by atoms with Crippen LogP contribution in [0.4, 0.5) is 0 Å². The molecule has 1 aliphatic rings. The van der Waals surface area contributed by atoms with Crippen molar-refractivity contribution in [1.29, 1.82) is 0 Å². The van der Waals surface area contributed by atoms with Crippen LogP contribution >= 0.6 is 0 Å². The van der Waals surface area contributed by atoms with Crippen LogP contribution in [-0.4, -0.2) is 16.9 Å². The molecule has 2 aromatic carbocycles. The first-order valence-electron chi connectivity index (χ1n) is 6.69. The van der Waals surface area contributed by atoms with E-state index in [2.05, 4.69) is 65.5 Å². The van der Waals surface area contributed by atoms with Crippen molar-refractivity contribution >= 4 is 10.9 Å². The molecule has 1 aromatic heterocycles. The summed E-state index contributed by atoms with van der Waals surface area (Å²) in [5, 5.41) is 1.35. The average molecular weight is 248 g/mol. The first-order valence-corrected chi connectivity index (χ1v) is 6.69. The van der Waals surface area contributed by atoms with Gasteiger partial charge in [0.05, 0.1) is 5.69 Å². The van der Waals surface area contributed by atoms with Gasteiger partial charge in [-0.05, 0) is 24.2 Å². The molecule has 1 N–H and O–H groups in total. The zero-order valence-corrected chi connectivity index (χ0v) is 11.0. The Kier molecular flexibility index (Phi) is 2.26. The maximum Gasteiger partial charge on any atom is 0.0513 e. The minimum atomic E-state index is 0.994. The number of para-hydroxylation sites is 1. The van der Waals surface area contributed by atoms with Gasteiger partial charge in [-0.1, -0.05) is 42.5 Å². The van der Waals surface area contributed by atoms with Crippen molar-refractivity contribution in [3.8, 4) is 11.3 Å². The van der Waals surface area contributed by atoms with Crippen LogP contribution in [0.25, 0.3) is 22.2 Å². The van der Waals surface area contributed by atoms with Gasteiger partial charge in [0.15, 0.2) is 0 Å². The van der Waals surface area contributed by atoms with E-state index in [1.165, 1.54) is 33.3 Å². The fourth-order valence-corrected chi connectivity index (χ4v) is 3.11. The van der Waals surface area contributed by atoms with E-state index in [0.717, 1.165) is 13.1 Å². The fraction of sp³-hybridized carbons (Fsp3) is 0.176. The van der Waals surface area contributed by atoms with E-state index in [1.54, 1.807) is 0 Å². The highest BCUT2D eigenvalue weighted by molar-refractivity contribution is 5.91. The molecule has 0 unspecified atom stereocenters. The highest BCUT2D eigenvalue weighted by Gasteiger charge is 2.20. The molecule has 0 atom stereocenters. The Bertz CT molecular complexity index is 755. The maximum atomic E-state index is 3.61. The molecule has 2 heterocycles. The molecule has 0 radical (unpaired) electrons. The predicted molar refractivity (Wildman–Crippen MR) is 78.9 cm³/mol. The highest BCUT2D eigenvalue weighted by Crippen LogP contribution is 2.35. The van der Waals surface area contributed by atoms with Crippen molar-refractivity contribution in [1.82, 2.24) is 9.88 Å². The van der Waals surface area contributed by atoms with E-state index >= 15 is 0 Å². The second kappa shape index (κ2) is 3.97. The van der Waals surface area contributed by atoms with Crippen molar-refractivity contribution in [3.63, 3.8) is 0 Å². The Morgan fingerprint density at radius 1 is 0.947 bits per heavy atom. The van der Waals surface area contributed by atoms with Crippen LogP contribution in [0, 0.1) is 0 Å². The van der Waals surface area contributed by atoms with E-state index < -0.39 is 0 Å². The van der Waals surface area contributed by atoms with Gasteiger partial charge in [0.25, 0.3) is 0 Å². The number of nitrogens with zero attached hydrogens (tertiary/aromatic N) is 1. The molecule has 0 fully saturated rings. The van der Waals surface area contributed by atoms with Gasteiger partial charge in [-0.15, -0.1) is 0 Å². The number of benzene rings is 2. The molecule has 1 aliphatic heterocycles. The van der Waals surface area contributed by atoms with Gasteiger partial charge in [-0.25, -0.2) is 0 Å². The van der Waals surface area contributed by atoms with Gasteiger partial charge in [-0.2, -0.15) is 0 Å². The molecule has 0 bridgehead atoms. The second-order valence-electron chi connectivity index (χ2n) is 5.35. The van der Waals surface area contributed by atoms with Gasteiger partial charge < -0.3 is 4.98 Å². The average Bonchev–Trinajstić information content (AvgIpc) is 2.71. The summed E-state index contributed by atoms with van der Waals surface area (Å²) in [6.45, 7) is 2.00. The van der Waals surface area contributed by atoms with E-state index in [-0.39, 0.29) is 0 Å². The third kappa shape index (κ3) is 1.60. The van der Waals surface area contributed by atoms with Gasteiger partial charge in [0.2, 0.25) is 0 Å². The quantitative estimate of drug-likeness (QED) is 0.641. The van der Waals surface area contributed by atoms with Crippen LogP contribution in [0.5, 0.6) is 0 Å².